The van der Waals surface area contributed by atoms with Gasteiger partial charge in [-0.2, -0.15) is 0 Å². The number of benzene rings is 2. The Morgan fingerprint density at radius 3 is 2.60 bits per heavy atom. The van der Waals surface area contributed by atoms with E-state index in [4.69, 9.17) is 0 Å². The van der Waals surface area contributed by atoms with E-state index in [1.165, 1.54) is 12.1 Å². The van der Waals surface area contributed by atoms with Crippen molar-refractivity contribution < 1.29 is 9.18 Å². The first-order valence-electron chi connectivity index (χ1n) is 9.69. The van der Waals surface area contributed by atoms with E-state index >= 15 is 0 Å². The Balaban J connectivity index is 0.00000320. The number of rotatable bonds is 7. The molecular formula is C22H27FIN5O. The number of nitrogens with zero attached hydrogens (tertiary/aromatic N) is 1. The van der Waals surface area contributed by atoms with Crippen molar-refractivity contribution in [3.05, 3.63) is 71.2 Å². The van der Waals surface area contributed by atoms with E-state index in [-0.39, 0.29) is 35.7 Å². The second kappa shape index (κ2) is 11.5. The molecule has 0 atom stereocenters. The van der Waals surface area contributed by atoms with Crippen molar-refractivity contribution in [2.45, 2.75) is 19.9 Å². The van der Waals surface area contributed by atoms with Gasteiger partial charge in [0.1, 0.15) is 5.82 Å². The van der Waals surface area contributed by atoms with Crippen LogP contribution in [0.2, 0.25) is 0 Å². The molecule has 8 heteroatoms. The highest BCUT2D eigenvalue weighted by Crippen LogP contribution is 2.19. The minimum atomic E-state index is -0.242. The Morgan fingerprint density at radius 1 is 1.13 bits per heavy atom. The molecular weight excluding hydrogens is 496 g/mol. The third kappa shape index (κ3) is 6.19. The summed E-state index contributed by atoms with van der Waals surface area (Å²) >= 11 is 0. The maximum atomic E-state index is 13.3. The predicted molar refractivity (Wildman–Crippen MR) is 130 cm³/mol. The zero-order valence-corrected chi connectivity index (χ0v) is 19.4. The maximum Gasteiger partial charge on any atom is 0.251 e. The number of nitrogens with one attached hydrogen (secondary N) is 4. The van der Waals surface area contributed by atoms with Crippen molar-refractivity contribution in [2.24, 2.45) is 4.99 Å². The summed E-state index contributed by atoms with van der Waals surface area (Å²) in [7, 11) is 1.61. The molecule has 0 aliphatic rings. The molecule has 3 rings (SSSR count). The van der Waals surface area contributed by atoms with Gasteiger partial charge in [0.05, 0.1) is 6.54 Å². The van der Waals surface area contributed by atoms with Gasteiger partial charge in [-0.05, 0) is 54.8 Å². The monoisotopic (exact) mass is 523 g/mol. The number of halogens is 2. The Labute approximate surface area is 192 Å². The summed E-state index contributed by atoms with van der Waals surface area (Å²) in [5.74, 6) is 0.387. The number of amides is 1. The van der Waals surface area contributed by atoms with Crippen LogP contribution in [0.3, 0.4) is 0 Å². The SMILES string of the molecule is CCNC(=NCc1ccc(C(=O)NC)cc1)NCCc1c[nH]c2cc(F)ccc12.I. The number of carbonyl (C=O) groups is 1. The highest BCUT2D eigenvalue weighted by atomic mass is 127. The molecule has 0 spiro atoms. The van der Waals surface area contributed by atoms with Gasteiger partial charge in [0, 0.05) is 42.8 Å². The molecule has 0 unspecified atom stereocenters. The molecule has 6 nitrogen and oxygen atoms in total. The van der Waals surface area contributed by atoms with Crippen molar-refractivity contribution in [1.29, 1.82) is 0 Å². The van der Waals surface area contributed by atoms with Gasteiger partial charge in [-0.1, -0.05) is 12.1 Å². The van der Waals surface area contributed by atoms with Crippen LogP contribution in [0.15, 0.2) is 53.7 Å². The molecule has 0 bridgehead atoms. The topological polar surface area (TPSA) is 81.3 Å². The van der Waals surface area contributed by atoms with E-state index < -0.39 is 0 Å². The Morgan fingerprint density at radius 2 is 1.90 bits per heavy atom. The summed E-state index contributed by atoms with van der Waals surface area (Å²) < 4.78 is 13.3. The Kier molecular flexibility index (Phi) is 9.10. The molecule has 30 heavy (non-hydrogen) atoms. The smallest absolute Gasteiger partial charge is 0.251 e. The number of hydrogen-bond acceptors (Lipinski definition) is 2. The Hall–Kier alpha value is -2.62. The van der Waals surface area contributed by atoms with Crippen LogP contribution >= 0.6 is 24.0 Å². The van der Waals surface area contributed by atoms with Crippen LogP contribution in [0.4, 0.5) is 4.39 Å². The molecule has 1 heterocycles. The van der Waals surface area contributed by atoms with E-state index in [1.807, 2.05) is 25.3 Å². The van der Waals surface area contributed by atoms with Gasteiger partial charge in [-0.25, -0.2) is 9.38 Å². The number of aromatic amines is 1. The molecule has 3 aromatic rings. The number of aliphatic imine (C=N–C) groups is 1. The molecule has 0 saturated carbocycles. The summed E-state index contributed by atoms with van der Waals surface area (Å²) in [6.45, 7) is 3.98. The van der Waals surface area contributed by atoms with Gasteiger partial charge in [0.25, 0.3) is 5.91 Å². The van der Waals surface area contributed by atoms with Crippen molar-refractivity contribution in [1.82, 2.24) is 20.9 Å². The molecule has 1 amide bonds. The molecule has 0 radical (unpaired) electrons. The average molecular weight is 523 g/mol. The molecule has 0 saturated heterocycles. The van der Waals surface area contributed by atoms with Crippen LogP contribution in [0.25, 0.3) is 10.9 Å². The fourth-order valence-electron chi connectivity index (χ4n) is 3.10. The summed E-state index contributed by atoms with van der Waals surface area (Å²) in [5.41, 5.74) is 3.59. The first-order valence-corrected chi connectivity index (χ1v) is 9.69. The van der Waals surface area contributed by atoms with Gasteiger partial charge < -0.3 is 20.9 Å². The third-order valence-electron chi connectivity index (χ3n) is 4.62. The Bertz CT molecular complexity index is 1000. The highest BCUT2D eigenvalue weighted by molar-refractivity contribution is 14.0. The number of H-pyrrole nitrogens is 1. The van der Waals surface area contributed by atoms with E-state index in [0.717, 1.165) is 41.0 Å². The fourth-order valence-corrected chi connectivity index (χ4v) is 3.10. The second-order valence-electron chi connectivity index (χ2n) is 6.65. The zero-order chi connectivity index (χ0) is 20.6. The predicted octanol–water partition coefficient (Wildman–Crippen LogP) is 3.58. The number of fused-ring (bicyclic) bond motifs is 1. The quantitative estimate of drug-likeness (QED) is 0.217. The molecule has 0 aliphatic heterocycles. The van der Waals surface area contributed by atoms with Crippen molar-refractivity contribution >= 4 is 46.7 Å². The average Bonchev–Trinajstić information content (AvgIpc) is 3.13. The number of guanidine groups is 1. The minimum Gasteiger partial charge on any atom is -0.361 e. The van der Waals surface area contributed by atoms with Crippen LogP contribution in [0.1, 0.15) is 28.4 Å². The zero-order valence-electron chi connectivity index (χ0n) is 17.1. The standard InChI is InChI=1S/C22H26FN5O.HI/c1-3-25-22(28-13-15-4-6-16(7-5-15)21(29)24-2)26-11-10-17-14-27-20-12-18(23)8-9-19(17)20;/h4-9,12,14,27H,3,10-11,13H2,1-2H3,(H,24,29)(H2,25,26,28);1H. The summed E-state index contributed by atoms with van der Waals surface area (Å²) in [4.78, 5) is 19.3. The summed E-state index contributed by atoms with van der Waals surface area (Å²) in [6.07, 6.45) is 2.71. The van der Waals surface area contributed by atoms with E-state index in [1.54, 1.807) is 25.2 Å². The number of aromatic nitrogens is 1. The lowest BCUT2D eigenvalue weighted by Gasteiger charge is -2.11. The van der Waals surface area contributed by atoms with Gasteiger partial charge in [-0.15, -0.1) is 24.0 Å². The lowest BCUT2D eigenvalue weighted by molar-refractivity contribution is 0.0963. The lowest BCUT2D eigenvalue weighted by Crippen LogP contribution is -2.38. The highest BCUT2D eigenvalue weighted by Gasteiger charge is 2.06. The summed E-state index contributed by atoms with van der Waals surface area (Å²) in [6, 6.07) is 12.2. The van der Waals surface area contributed by atoms with Crippen LogP contribution in [-0.2, 0) is 13.0 Å². The molecule has 0 fully saturated rings. The van der Waals surface area contributed by atoms with E-state index in [0.29, 0.717) is 18.7 Å². The summed E-state index contributed by atoms with van der Waals surface area (Å²) in [5, 5.41) is 10.2. The molecule has 160 valence electrons. The van der Waals surface area contributed by atoms with E-state index in [9.17, 15) is 9.18 Å². The van der Waals surface area contributed by atoms with Gasteiger partial charge in [-0.3, -0.25) is 4.79 Å². The fraction of sp³-hybridized carbons (Fsp3) is 0.273. The van der Waals surface area contributed by atoms with E-state index in [2.05, 4.69) is 25.9 Å². The van der Waals surface area contributed by atoms with Crippen LogP contribution in [-0.4, -0.2) is 37.0 Å². The van der Waals surface area contributed by atoms with Gasteiger partial charge in [0.15, 0.2) is 5.96 Å². The third-order valence-corrected chi connectivity index (χ3v) is 4.62. The molecule has 0 aliphatic carbocycles. The van der Waals surface area contributed by atoms with Crippen LogP contribution in [0, 0.1) is 5.82 Å². The normalized spacial score (nSPS) is 11.1. The van der Waals surface area contributed by atoms with Crippen LogP contribution < -0.4 is 16.0 Å². The first-order chi connectivity index (χ1) is 14.1. The van der Waals surface area contributed by atoms with Crippen LogP contribution in [0.5, 0.6) is 0 Å². The second-order valence-corrected chi connectivity index (χ2v) is 6.65. The maximum absolute atomic E-state index is 13.3. The van der Waals surface area contributed by atoms with Gasteiger partial charge in [0.2, 0.25) is 0 Å². The first kappa shape index (κ1) is 23.7. The lowest BCUT2D eigenvalue weighted by atomic mass is 10.1. The molecule has 2 aromatic carbocycles. The van der Waals surface area contributed by atoms with Crippen molar-refractivity contribution in [3.8, 4) is 0 Å². The largest absolute Gasteiger partial charge is 0.361 e. The minimum absolute atomic E-state index is 0. The van der Waals surface area contributed by atoms with Crippen molar-refractivity contribution in [2.75, 3.05) is 20.1 Å². The molecule has 1 aromatic heterocycles. The molecule has 4 N–H and O–H groups in total. The number of hydrogen-bond donors (Lipinski definition) is 4. The van der Waals surface area contributed by atoms with Crippen molar-refractivity contribution in [3.63, 3.8) is 0 Å². The van der Waals surface area contributed by atoms with Gasteiger partial charge >= 0.3 is 0 Å². The number of carbonyl (C=O) groups excluding carboxylic acids is 1.